The fourth-order valence-electron chi connectivity index (χ4n) is 0.495. The number of nitrogens with one attached hydrogen (secondary N) is 2. The van der Waals surface area contributed by atoms with E-state index >= 15 is 0 Å². The SMILES string of the molecule is O=C(NS(=O)(=O)OS(=O)(=O)NC(=O)C(F)(F)F)C(F)(F)F. The molecule has 0 aliphatic rings. The van der Waals surface area contributed by atoms with Crippen LogP contribution < -0.4 is 9.44 Å². The summed E-state index contributed by atoms with van der Waals surface area (Å²) in [6.45, 7) is 0. The van der Waals surface area contributed by atoms with Gasteiger partial charge < -0.3 is 0 Å². The number of hydrogen-bond acceptors (Lipinski definition) is 7. The second-order valence-electron chi connectivity index (χ2n) is 2.83. The summed E-state index contributed by atoms with van der Waals surface area (Å²) in [5.41, 5.74) is 0. The van der Waals surface area contributed by atoms with Gasteiger partial charge in [0.25, 0.3) is 0 Å². The number of amides is 2. The van der Waals surface area contributed by atoms with Crippen molar-refractivity contribution in [2.24, 2.45) is 0 Å². The van der Waals surface area contributed by atoms with Crippen LogP contribution in [-0.4, -0.2) is 41.0 Å². The van der Waals surface area contributed by atoms with Gasteiger partial charge in [0.1, 0.15) is 0 Å². The minimum absolute atomic E-state index is 0.0387. The van der Waals surface area contributed by atoms with E-state index in [0.717, 1.165) is 0 Å². The number of rotatable bonds is 4. The highest BCUT2D eigenvalue weighted by Gasteiger charge is 2.44. The van der Waals surface area contributed by atoms with Gasteiger partial charge in [-0.3, -0.25) is 9.59 Å². The molecule has 0 bridgehead atoms. The summed E-state index contributed by atoms with van der Waals surface area (Å²) in [7, 11) is -12.0. The van der Waals surface area contributed by atoms with E-state index in [1.807, 2.05) is 0 Å². The molecule has 0 aliphatic heterocycles. The van der Waals surface area contributed by atoms with E-state index in [9.17, 15) is 52.8 Å². The van der Waals surface area contributed by atoms with Crippen LogP contribution in [0.2, 0.25) is 0 Å². The van der Waals surface area contributed by atoms with Crippen molar-refractivity contribution in [2.75, 3.05) is 0 Å². The standard InChI is InChI=1S/C4H2F6N2O7S2/c5-3(6,7)1(13)11-20(15,16)19-21(17,18)12-2(14)4(8,9)10/h(H,11,13)(H,12,14). The lowest BCUT2D eigenvalue weighted by Crippen LogP contribution is -2.46. The molecule has 0 aliphatic carbocycles. The maximum atomic E-state index is 11.7. The van der Waals surface area contributed by atoms with Crippen LogP contribution in [0.4, 0.5) is 26.3 Å². The van der Waals surface area contributed by atoms with Gasteiger partial charge in [0.15, 0.2) is 0 Å². The first-order valence-corrected chi connectivity index (χ1v) is 6.77. The molecular weight excluding hydrogens is 366 g/mol. The topological polar surface area (TPSA) is 136 Å². The van der Waals surface area contributed by atoms with Crippen molar-refractivity contribution in [2.45, 2.75) is 12.4 Å². The van der Waals surface area contributed by atoms with Crippen molar-refractivity contribution in [3.63, 3.8) is 0 Å². The lowest BCUT2D eigenvalue weighted by atomic mass is 10.6. The first-order chi connectivity index (χ1) is 8.96. The van der Waals surface area contributed by atoms with E-state index in [4.69, 9.17) is 0 Å². The molecule has 0 saturated heterocycles. The summed E-state index contributed by atoms with van der Waals surface area (Å²) in [4.78, 5) is 20.4. The second kappa shape index (κ2) is 5.64. The molecule has 0 aromatic carbocycles. The van der Waals surface area contributed by atoms with Crippen molar-refractivity contribution in [1.82, 2.24) is 9.44 Å². The molecule has 0 rings (SSSR count). The van der Waals surface area contributed by atoms with E-state index in [-0.39, 0.29) is 9.44 Å². The first-order valence-electron chi connectivity index (χ1n) is 3.95. The molecule has 0 aromatic rings. The van der Waals surface area contributed by atoms with E-state index in [0.29, 0.717) is 0 Å². The third kappa shape index (κ3) is 7.09. The maximum absolute atomic E-state index is 11.7. The Morgan fingerprint density at radius 3 is 1.14 bits per heavy atom. The van der Waals surface area contributed by atoms with Crippen molar-refractivity contribution in [3.05, 3.63) is 0 Å². The van der Waals surface area contributed by atoms with E-state index in [1.165, 1.54) is 0 Å². The van der Waals surface area contributed by atoms with Crippen LogP contribution in [0, 0.1) is 0 Å². The normalized spacial score (nSPS) is 13.6. The second-order valence-corrected chi connectivity index (χ2v) is 5.60. The first kappa shape index (κ1) is 19.4. The van der Waals surface area contributed by atoms with Crippen LogP contribution in [0.5, 0.6) is 0 Å². The Morgan fingerprint density at radius 1 is 0.714 bits per heavy atom. The molecule has 0 spiro atoms. The van der Waals surface area contributed by atoms with Crippen molar-refractivity contribution in [3.8, 4) is 0 Å². The van der Waals surface area contributed by atoms with Crippen molar-refractivity contribution in [1.29, 1.82) is 0 Å². The van der Waals surface area contributed by atoms with Gasteiger partial charge in [-0.1, -0.05) is 0 Å². The Labute approximate surface area is 111 Å². The summed E-state index contributed by atoms with van der Waals surface area (Å²) in [5.74, 6) is -6.36. The number of alkyl halides is 6. The van der Waals surface area contributed by atoms with E-state index < -0.39 is 44.8 Å². The average Bonchev–Trinajstić information content (AvgIpc) is 2.09. The van der Waals surface area contributed by atoms with Crippen LogP contribution in [0.25, 0.3) is 0 Å². The number of carbonyl (C=O) groups excluding carboxylic acids is 2. The third-order valence-electron chi connectivity index (χ3n) is 1.13. The Kier molecular flexibility index (Phi) is 5.20. The molecule has 0 fully saturated rings. The zero-order valence-corrected chi connectivity index (χ0v) is 10.6. The van der Waals surface area contributed by atoms with Gasteiger partial charge in [-0.2, -0.15) is 43.2 Å². The maximum Gasteiger partial charge on any atom is 0.472 e. The van der Waals surface area contributed by atoms with Gasteiger partial charge in [0.2, 0.25) is 0 Å². The molecule has 0 aromatic heterocycles. The van der Waals surface area contributed by atoms with Crippen LogP contribution in [-0.2, 0) is 33.8 Å². The Morgan fingerprint density at radius 2 is 0.952 bits per heavy atom. The molecule has 2 N–H and O–H groups in total. The minimum atomic E-state index is -6.00. The fourth-order valence-corrected chi connectivity index (χ4v) is 2.40. The molecule has 21 heavy (non-hydrogen) atoms. The summed E-state index contributed by atoms with van der Waals surface area (Å²) in [6, 6.07) is 0. The molecular formula is C4H2F6N2O7S2. The van der Waals surface area contributed by atoms with Gasteiger partial charge in [0, 0.05) is 0 Å². The molecule has 17 heteroatoms. The zero-order chi connectivity index (χ0) is 17.3. The van der Waals surface area contributed by atoms with Gasteiger partial charge in [-0.15, -0.1) is 3.63 Å². The summed E-state index contributed by atoms with van der Waals surface area (Å²) < 4.78 is 116. The third-order valence-corrected chi connectivity index (χ3v) is 3.43. The number of carbonyl (C=O) groups is 2. The van der Waals surface area contributed by atoms with E-state index in [1.54, 1.807) is 0 Å². The lowest BCUT2D eigenvalue weighted by molar-refractivity contribution is -0.171. The Bertz CT molecular complexity index is 575. The predicted molar refractivity (Wildman–Crippen MR) is 47.3 cm³/mol. The molecule has 2 amide bonds. The van der Waals surface area contributed by atoms with Gasteiger partial charge >= 0.3 is 44.8 Å². The van der Waals surface area contributed by atoms with Gasteiger partial charge in [0.05, 0.1) is 0 Å². The summed E-state index contributed by atoms with van der Waals surface area (Å²) in [5, 5.41) is 0. The summed E-state index contributed by atoms with van der Waals surface area (Å²) >= 11 is 0. The zero-order valence-electron chi connectivity index (χ0n) is 8.94. The molecule has 0 radical (unpaired) electrons. The predicted octanol–water partition coefficient (Wildman–Crippen LogP) is -1.15. The number of halogens is 6. The van der Waals surface area contributed by atoms with E-state index in [2.05, 4.69) is 3.63 Å². The molecule has 9 nitrogen and oxygen atoms in total. The Hall–Kier alpha value is -1.62. The van der Waals surface area contributed by atoms with Crippen molar-refractivity contribution < 1.29 is 56.4 Å². The molecule has 0 heterocycles. The van der Waals surface area contributed by atoms with Gasteiger partial charge in [-0.05, 0) is 0 Å². The minimum Gasteiger partial charge on any atom is -0.263 e. The highest BCUT2D eigenvalue weighted by atomic mass is 32.3. The van der Waals surface area contributed by atoms with Crippen LogP contribution in [0.3, 0.4) is 0 Å². The molecule has 0 saturated carbocycles. The largest absolute Gasteiger partial charge is 0.472 e. The molecule has 0 atom stereocenters. The molecule has 0 unspecified atom stereocenters. The lowest BCUT2D eigenvalue weighted by Gasteiger charge is -2.10. The van der Waals surface area contributed by atoms with Crippen LogP contribution >= 0.6 is 0 Å². The van der Waals surface area contributed by atoms with Crippen molar-refractivity contribution >= 4 is 32.4 Å². The molecule has 124 valence electrons. The van der Waals surface area contributed by atoms with Crippen LogP contribution in [0.1, 0.15) is 0 Å². The fraction of sp³-hybridized carbons (Fsp3) is 0.500. The number of hydrogen-bond donors (Lipinski definition) is 2. The highest BCUT2D eigenvalue weighted by molar-refractivity contribution is 7.98. The summed E-state index contributed by atoms with van der Waals surface area (Å²) in [6.07, 6.45) is -11.5. The van der Waals surface area contributed by atoms with Crippen LogP contribution in [0.15, 0.2) is 0 Å². The van der Waals surface area contributed by atoms with Gasteiger partial charge in [-0.25, -0.2) is 9.44 Å². The highest BCUT2D eigenvalue weighted by Crippen LogP contribution is 2.16. The smallest absolute Gasteiger partial charge is 0.263 e. The quantitative estimate of drug-likeness (QED) is 0.598. The monoisotopic (exact) mass is 368 g/mol. The average molecular weight is 368 g/mol. The Balaban J connectivity index is 5.03.